The predicted molar refractivity (Wildman–Crippen MR) is 101 cm³/mol. The highest BCUT2D eigenvalue weighted by Gasteiger charge is 2.21. The zero-order chi connectivity index (χ0) is 17.6. The Bertz CT molecular complexity index is 817. The summed E-state index contributed by atoms with van der Waals surface area (Å²) in [6, 6.07) is 15.2. The van der Waals surface area contributed by atoms with E-state index < -0.39 is 0 Å². The summed E-state index contributed by atoms with van der Waals surface area (Å²) in [7, 11) is 0. The summed E-state index contributed by atoms with van der Waals surface area (Å²) < 4.78 is 0. The van der Waals surface area contributed by atoms with Gasteiger partial charge in [0.2, 0.25) is 11.8 Å². The molecule has 25 heavy (non-hydrogen) atoms. The van der Waals surface area contributed by atoms with Crippen LogP contribution in [-0.4, -0.2) is 24.9 Å². The number of amides is 2. The predicted octanol–water partition coefficient (Wildman–Crippen LogP) is 3.45. The van der Waals surface area contributed by atoms with Gasteiger partial charge < -0.3 is 10.2 Å². The van der Waals surface area contributed by atoms with Crippen molar-refractivity contribution in [3.63, 3.8) is 0 Å². The maximum atomic E-state index is 12.5. The number of hydrogen-bond donors (Lipinski definition) is 1. The molecule has 0 unspecified atom stereocenters. The Morgan fingerprint density at radius 3 is 2.72 bits per heavy atom. The van der Waals surface area contributed by atoms with Gasteiger partial charge in [0.1, 0.15) is 0 Å². The van der Waals surface area contributed by atoms with Crippen LogP contribution in [0.5, 0.6) is 0 Å². The van der Waals surface area contributed by atoms with Crippen molar-refractivity contribution in [2.45, 2.75) is 12.8 Å². The number of para-hydroxylation sites is 1. The second-order valence-electron chi connectivity index (χ2n) is 5.85. The Balaban J connectivity index is 1.58. The van der Waals surface area contributed by atoms with Crippen molar-refractivity contribution in [1.29, 1.82) is 0 Å². The molecule has 0 spiro atoms. The molecule has 2 aromatic carbocycles. The average Bonchev–Trinajstić information content (AvgIpc) is 2.65. The number of hydrogen-bond acceptors (Lipinski definition) is 2. The average molecular weight is 355 g/mol. The van der Waals surface area contributed by atoms with E-state index in [1.54, 1.807) is 17.0 Å². The van der Waals surface area contributed by atoms with Crippen LogP contribution in [-0.2, 0) is 16.0 Å². The largest absolute Gasteiger partial charge is 0.343 e. The molecule has 1 aliphatic heterocycles. The molecule has 1 N–H and O–H groups in total. The van der Waals surface area contributed by atoms with Crippen LogP contribution in [0.1, 0.15) is 17.5 Å². The van der Waals surface area contributed by atoms with E-state index in [1.165, 1.54) is 11.6 Å². The van der Waals surface area contributed by atoms with E-state index in [1.807, 2.05) is 42.5 Å². The van der Waals surface area contributed by atoms with Crippen LogP contribution in [0, 0.1) is 0 Å². The van der Waals surface area contributed by atoms with Gasteiger partial charge in [-0.1, -0.05) is 48.0 Å². The van der Waals surface area contributed by atoms with Crippen molar-refractivity contribution in [1.82, 2.24) is 5.32 Å². The lowest BCUT2D eigenvalue weighted by Gasteiger charge is -2.29. The minimum Gasteiger partial charge on any atom is -0.343 e. The van der Waals surface area contributed by atoms with Gasteiger partial charge >= 0.3 is 0 Å². The molecule has 0 radical (unpaired) electrons. The fourth-order valence-corrected chi connectivity index (χ4v) is 3.08. The van der Waals surface area contributed by atoms with Crippen molar-refractivity contribution in [3.8, 4) is 0 Å². The van der Waals surface area contributed by atoms with E-state index in [2.05, 4.69) is 5.32 Å². The van der Waals surface area contributed by atoms with Crippen LogP contribution in [0.3, 0.4) is 0 Å². The third kappa shape index (κ3) is 4.28. The fraction of sp³-hybridized carbons (Fsp3) is 0.200. The van der Waals surface area contributed by atoms with Crippen LogP contribution in [0.4, 0.5) is 5.69 Å². The van der Waals surface area contributed by atoms with Gasteiger partial charge in [-0.3, -0.25) is 9.59 Å². The number of carbonyl (C=O) groups excluding carboxylic acids is 2. The molecule has 4 nitrogen and oxygen atoms in total. The zero-order valence-corrected chi connectivity index (χ0v) is 14.5. The highest BCUT2D eigenvalue weighted by molar-refractivity contribution is 6.32. The number of aryl methyl sites for hydroxylation is 1. The minimum absolute atomic E-state index is 0.0277. The lowest BCUT2D eigenvalue weighted by atomic mass is 10.0. The highest BCUT2D eigenvalue weighted by atomic mass is 35.5. The van der Waals surface area contributed by atoms with Gasteiger partial charge in [0.25, 0.3) is 0 Å². The SMILES string of the molecule is O=C(C=Cc1ccccc1Cl)NCC(=O)N1CCCc2ccccc21. The number of fused-ring (bicyclic) bond motifs is 1. The lowest BCUT2D eigenvalue weighted by Crippen LogP contribution is -2.42. The first-order valence-electron chi connectivity index (χ1n) is 8.24. The Morgan fingerprint density at radius 2 is 1.88 bits per heavy atom. The molecule has 0 aliphatic carbocycles. The summed E-state index contributed by atoms with van der Waals surface area (Å²) in [6.07, 6.45) is 4.94. The van der Waals surface area contributed by atoms with E-state index in [-0.39, 0.29) is 18.4 Å². The van der Waals surface area contributed by atoms with Crippen LogP contribution in [0.2, 0.25) is 5.02 Å². The maximum Gasteiger partial charge on any atom is 0.246 e. The second kappa shape index (κ2) is 7.99. The third-order valence-electron chi connectivity index (χ3n) is 4.14. The van der Waals surface area contributed by atoms with Gasteiger partial charge in [-0.2, -0.15) is 0 Å². The maximum absolute atomic E-state index is 12.5. The van der Waals surface area contributed by atoms with E-state index in [0.717, 1.165) is 24.1 Å². The minimum atomic E-state index is -0.321. The topological polar surface area (TPSA) is 49.4 Å². The number of benzene rings is 2. The van der Waals surface area contributed by atoms with E-state index >= 15 is 0 Å². The molecule has 1 heterocycles. The van der Waals surface area contributed by atoms with Crippen LogP contribution < -0.4 is 10.2 Å². The van der Waals surface area contributed by atoms with E-state index in [0.29, 0.717) is 11.6 Å². The van der Waals surface area contributed by atoms with Crippen molar-refractivity contribution >= 4 is 35.2 Å². The number of carbonyl (C=O) groups is 2. The molecule has 0 saturated heterocycles. The molecule has 2 aromatic rings. The van der Waals surface area contributed by atoms with Crippen LogP contribution in [0.15, 0.2) is 54.6 Å². The molecule has 128 valence electrons. The Labute approximate surface area is 152 Å². The summed E-state index contributed by atoms with van der Waals surface area (Å²) in [5.41, 5.74) is 2.88. The Kier molecular flexibility index (Phi) is 5.51. The van der Waals surface area contributed by atoms with Crippen molar-refractivity contribution in [3.05, 3.63) is 70.8 Å². The molecule has 5 heteroatoms. The number of halogens is 1. The van der Waals surface area contributed by atoms with Gasteiger partial charge in [-0.15, -0.1) is 0 Å². The first-order valence-corrected chi connectivity index (χ1v) is 8.61. The van der Waals surface area contributed by atoms with Gasteiger partial charge in [0.05, 0.1) is 6.54 Å². The summed E-state index contributed by atoms with van der Waals surface area (Å²) in [4.78, 5) is 26.2. The molecule has 0 atom stereocenters. The zero-order valence-electron chi connectivity index (χ0n) is 13.7. The second-order valence-corrected chi connectivity index (χ2v) is 6.26. The van der Waals surface area contributed by atoms with Crippen molar-refractivity contribution in [2.75, 3.05) is 18.0 Å². The van der Waals surface area contributed by atoms with Crippen molar-refractivity contribution in [2.24, 2.45) is 0 Å². The molecular weight excluding hydrogens is 336 g/mol. The van der Waals surface area contributed by atoms with E-state index in [4.69, 9.17) is 11.6 Å². The smallest absolute Gasteiger partial charge is 0.246 e. The van der Waals surface area contributed by atoms with E-state index in [9.17, 15) is 9.59 Å². The van der Waals surface area contributed by atoms with Gasteiger partial charge in [-0.05, 0) is 42.2 Å². The number of nitrogens with one attached hydrogen (secondary N) is 1. The number of nitrogens with zero attached hydrogens (tertiary/aromatic N) is 1. The van der Waals surface area contributed by atoms with Crippen LogP contribution in [0.25, 0.3) is 6.08 Å². The van der Waals surface area contributed by atoms with Crippen LogP contribution >= 0.6 is 11.6 Å². The number of anilines is 1. The summed E-state index contributed by atoms with van der Waals surface area (Å²) in [5, 5.41) is 3.22. The Hall–Kier alpha value is -2.59. The quantitative estimate of drug-likeness (QED) is 0.855. The fourth-order valence-electron chi connectivity index (χ4n) is 2.89. The standard InChI is InChI=1S/C20H19ClN2O2/c21-17-9-3-1-6-15(17)11-12-19(24)22-14-20(25)23-13-5-8-16-7-2-4-10-18(16)23/h1-4,6-7,9-12H,5,8,13-14H2,(H,22,24). The first-order chi connectivity index (χ1) is 12.1. The molecule has 3 rings (SSSR count). The molecule has 0 fully saturated rings. The summed E-state index contributed by atoms with van der Waals surface area (Å²) >= 11 is 6.04. The third-order valence-corrected chi connectivity index (χ3v) is 4.49. The molecule has 2 amide bonds. The van der Waals surface area contributed by atoms with Crippen molar-refractivity contribution < 1.29 is 9.59 Å². The van der Waals surface area contributed by atoms with Gasteiger partial charge in [-0.25, -0.2) is 0 Å². The highest BCUT2D eigenvalue weighted by Crippen LogP contribution is 2.26. The molecule has 0 bridgehead atoms. The number of rotatable bonds is 4. The lowest BCUT2D eigenvalue weighted by molar-refractivity contribution is -0.122. The Morgan fingerprint density at radius 1 is 1.12 bits per heavy atom. The molecule has 0 aromatic heterocycles. The van der Waals surface area contributed by atoms with Gasteiger partial charge in [0, 0.05) is 23.3 Å². The normalized spacial score (nSPS) is 13.6. The summed E-state index contributed by atoms with van der Waals surface area (Å²) in [5.74, 6) is -0.426. The van der Waals surface area contributed by atoms with Gasteiger partial charge in [0.15, 0.2) is 0 Å². The molecule has 1 aliphatic rings. The monoisotopic (exact) mass is 354 g/mol. The molecular formula is C20H19ClN2O2. The first kappa shape index (κ1) is 17.2. The summed E-state index contributed by atoms with van der Waals surface area (Å²) in [6.45, 7) is 0.654. The molecule has 0 saturated carbocycles.